The van der Waals surface area contributed by atoms with Crippen molar-refractivity contribution in [2.45, 2.75) is 0 Å². The van der Waals surface area contributed by atoms with Gasteiger partial charge in [-0.2, -0.15) is 0 Å². The van der Waals surface area contributed by atoms with Gasteiger partial charge in [-0.05, 0) is 112 Å². The summed E-state index contributed by atoms with van der Waals surface area (Å²) in [4.78, 5) is 4.87. The summed E-state index contributed by atoms with van der Waals surface area (Å²) in [7, 11) is 0. The van der Waals surface area contributed by atoms with E-state index in [1.807, 2.05) is 22.7 Å². The first kappa shape index (κ1) is 36.4. The van der Waals surface area contributed by atoms with Crippen LogP contribution in [-0.4, -0.2) is 0 Å². The van der Waals surface area contributed by atoms with Crippen LogP contribution in [0.5, 0.6) is 0 Å². The van der Waals surface area contributed by atoms with Gasteiger partial charge in [-0.15, -0.1) is 22.7 Å². The lowest BCUT2D eigenvalue weighted by Gasteiger charge is -2.30. The zero-order valence-electron chi connectivity index (χ0n) is 33.7. The molecule has 10 aromatic carbocycles. The van der Waals surface area contributed by atoms with Gasteiger partial charge in [0.2, 0.25) is 0 Å². The third-order valence-electron chi connectivity index (χ3n) is 12.0. The molecular weight excluding hydrogens is 789 g/mol. The summed E-state index contributed by atoms with van der Waals surface area (Å²) in [6, 6.07) is 84.4. The fourth-order valence-electron chi connectivity index (χ4n) is 9.14. The normalized spacial score (nSPS) is 11.5. The number of para-hydroxylation sites is 2. The predicted molar refractivity (Wildman–Crippen MR) is 270 cm³/mol. The highest BCUT2D eigenvalue weighted by Gasteiger charge is 2.23. The summed E-state index contributed by atoms with van der Waals surface area (Å²) >= 11 is 3.71. The SMILES string of the molecule is c1ccc(-c2cc3c(-c4ccccc4)cc(N(c4ccccc4)c4ccc5c(c4)sc4ccccc45)cc3cc2N(c2ccccc2)c2ccc3c(c2)sc2ccccc23)cc1. The van der Waals surface area contributed by atoms with Crippen LogP contribution < -0.4 is 9.80 Å². The Morgan fingerprint density at radius 3 is 1.27 bits per heavy atom. The summed E-state index contributed by atoms with van der Waals surface area (Å²) in [6.45, 7) is 0. The molecule has 0 saturated heterocycles. The number of anilines is 6. The van der Waals surface area contributed by atoms with Crippen molar-refractivity contribution in [2.75, 3.05) is 9.80 Å². The molecule has 0 amide bonds. The Bertz CT molecular complexity index is 3580. The molecule has 0 radical (unpaired) electrons. The maximum absolute atomic E-state index is 2.45. The summed E-state index contributed by atoms with van der Waals surface area (Å²) in [6.07, 6.45) is 0. The monoisotopic (exact) mass is 826 g/mol. The molecule has 0 aliphatic carbocycles. The van der Waals surface area contributed by atoms with Crippen molar-refractivity contribution in [3.05, 3.63) is 231 Å². The molecule has 0 aliphatic rings. The minimum absolute atomic E-state index is 1.10. The lowest BCUT2D eigenvalue weighted by Crippen LogP contribution is -2.12. The molecule has 0 unspecified atom stereocenters. The molecule has 292 valence electrons. The minimum Gasteiger partial charge on any atom is -0.310 e. The van der Waals surface area contributed by atoms with Crippen molar-refractivity contribution in [1.29, 1.82) is 0 Å². The largest absolute Gasteiger partial charge is 0.310 e. The van der Waals surface area contributed by atoms with Crippen molar-refractivity contribution >= 4 is 108 Å². The summed E-state index contributed by atoms with van der Waals surface area (Å²) < 4.78 is 5.16. The molecule has 0 spiro atoms. The summed E-state index contributed by atoms with van der Waals surface area (Å²) in [5.41, 5.74) is 11.4. The highest BCUT2D eigenvalue weighted by atomic mass is 32.1. The average Bonchev–Trinajstić information content (AvgIpc) is 3.90. The Morgan fingerprint density at radius 2 is 0.710 bits per heavy atom. The second kappa shape index (κ2) is 15.2. The molecule has 12 rings (SSSR count). The van der Waals surface area contributed by atoms with E-state index in [0.29, 0.717) is 0 Å². The number of hydrogen-bond acceptors (Lipinski definition) is 4. The van der Waals surface area contributed by atoms with E-state index in [9.17, 15) is 0 Å². The Balaban J connectivity index is 1.14. The number of fused-ring (bicyclic) bond motifs is 7. The van der Waals surface area contributed by atoms with E-state index in [2.05, 4.69) is 240 Å². The topological polar surface area (TPSA) is 6.48 Å². The van der Waals surface area contributed by atoms with E-state index in [1.54, 1.807) is 0 Å². The van der Waals surface area contributed by atoms with Gasteiger partial charge in [-0.1, -0.05) is 146 Å². The van der Waals surface area contributed by atoms with Crippen molar-refractivity contribution in [3.8, 4) is 22.3 Å². The fraction of sp³-hybridized carbons (Fsp3) is 0. The van der Waals surface area contributed by atoms with Crippen molar-refractivity contribution in [1.82, 2.24) is 0 Å². The fourth-order valence-corrected chi connectivity index (χ4v) is 11.4. The Kier molecular flexibility index (Phi) is 8.91. The summed E-state index contributed by atoms with van der Waals surface area (Å²) in [5, 5.41) is 7.54. The molecule has 0 aliphatic heterocycles. The van der Waals surface area contributed by atoms with Gasteiger partial charge in [0.1, 0.15) is 0 Å². The lowest BCUT2D eigenvalue weighted by molar-refractivity contribution is 1.29. The molecule has 2 heterocycles. The van der Waals surface area contributed by atoms with E-state index in [0.717, 1.165) is 39.5 Å². The molecule has 0 fully saturated rings. The van der Waals surface area contributed by atoms with Gasteiger partial charge in [0.05, 0.1) is 5.69 Å². The van der Waals surface area contributed by atoms with Gasteiger partial charge >= 0.3 is 0 Å². The molecule has 0 N–H and O–H groups in total. The van der Waals surface area contributed by atoms with Crippen LogP contribution in [0.3, 0.4) is 0 Å². The highest BCUT2D eigenvalue weighted by Crippen LogP contribution is 2.49. The standard InChI is InChI=1S/C58H38N2S2/c1-5-17-39(18-6-1)51-35-46(59(42-21-9-3-10-22-42)44-29-31-49-47-25-13-15-27-55(47)61-57(49)36-44)33-41-34-54(53(38-52(41)51)40-19-7-2-8-20-40)60(43-23-11-4-12-24-43)45-30-32-50-48-26-14-16-28-56(48)62-58(50)37-45/h1-38H. The number of thiophene rings is 2. The van der Waals surface area contributed by atoms with Crippen LogP contribution in [-0.2, 0) is 0 Å². The average molecular weight is 827 g/mol. The molecular formula is C58H38N2S2. The molecule has 62 heavy (non-hydrogen) atoms. The van der Waals surface area contributed by atoms with Crippen LogP contribution in [0.2, 0.25) is 0 Å². The number of benzene rings is 10. The third-order valence-corrected chi connectivity index (χ3v) is 14.3. The van der Waals surface area contributed by atoms with Crippen LogP contribution in [0, 0.1) is 0 Å². The molecule has 2 aromatic heterocycles. The van der Waals surface area contributed by atoms with E-state index >= 15 is 0 Å². The van der Waals surface area contributed by atoms with Crippen molar-refractivity contribution < 1.29 is 0 Å². The minimum atomic E-state index is 1.10. The Morgan fingerprint density at radius 1 is 0.258 bits per heavy atom. The lowest BCUT2D eigenvalue weighted by atomic mass is 9.91. The van der Waals surface area contributed by atoms with Gasteiger partial charge in [0.15, 0.2) is 0 Å². The van der Waals surface area contributed by atoms with Gasteiger partial charge in [0, 0.05) is 74.3 Å². The third kappa shape index (κ3) is 6.31. The van der Waals surface area contributed by atoms with Crippen LogP contribution >= 0.6 is 22.7 Å². The first-order valence-corrected chi connectivity index (χ1v) is 22.6. The quantitative estimate of drug-likeness (QED) is 0.151. The maximum Gasteiger partial charge on any atom is 0.0546 e. The van der Waals surface area contributed by atoms with E-state index < -0.39 is 0 Å². The van der Waals surface area contributed by atoms with Gasteiger partial charge in [-0.3, -0.25) is 0 Å². The first-order valence-electron chi connectivity index (χ1n) is 21.0. The van der Waals surface area contributed by atoms with Crippen LogP contribution in [0.25, 0.3) is 73.4 Å². The molecule has 4 heteroatoms. The van der Waals surface area contributed by atoms with Crippen LogP contribution in [0.1, 0.15) is 0 Å². The number of rotatable bonds is 8. The molecule has 0 atom stereocenters. The van der Waals surface area contributed by atoms with Crippen LogP contribution in [0.4, 0.5) is 34.1 Å². The van der Waals surface area contributed by atoms with Crippen molar-refractivity contribution in [3.63, 3.8) is 0 Å². The summed E-state index contributed by atoms with van der Waals surface area (Å²) in [5.74, 6) is 0. The Hall–Kier alpha value is -7.50. The molecule has 12 aromatic rings. The molecule has 0 bridgehead atoms. The zero-order chi connectivity index (χ0) is 41.0. The Labute approximate surface area is 368 Å². The number of nitrogens with zero attached hydrogens (tertiary/aromatic N) is 2. The van der Waals surface area contributed by atoms with Gasteiger partial charge in [-0.25, -0.2) is 0 Å². The predicted octanol–water partition coefficient (Wildman–Crippen LogP) is 17.8. The smallest absolute Gasteiger partial charge is 0.0546 e. The van der Waals surface area contributed by atoms with Crippen LogP contribution in [0.15, 0.2) is 231 Å². The second-order valence-corrected chi connectivity index (χ2v) is 17.9. The van der Waals surface area contributed by atoms with E-state index in [1.165, 1.54) is 68.0 Å². The maximum atomic E-state index is 2.45. The van der Waals surface area contributed by atoms with Gasteiger partial charge < -0.3 is 9.80 Å². The van der Waals surface area contributed by atoms with Gasteiger partial charge in [0.25, 0.3) is 0 Å². The first-order chi connectivity index (χ1) is 30.7. The second-order valence-electron chi connectivity index (χ2n) is 15.7. The zero-order valence-corrected chi connectivity index (χ0v) is 35.3. The molecule has 0 saturated carbocycles. The van der Waals surface area contributed by atoms with E-state index in [4.69, 9.17) is 0 Å². The highest BCUT2D eigenvalue weighted by molar-refractivity contribution is 7.26. The van der Waals surface area contributed by atoms with Crippen molar-refractivity contribution in [2.24, 2.45) is 0 Å². The number of hydrogen-bond donors (Lipinski definition) is 0. The van der Waals surface area contributed by atoms with E-state index in [-0.39, 0.29) is 0 Å². The molecule has 2 nitrogen and oxygen atoms in total.